The first-order chi connectivity index (χ1) is 4.72. The number of hydrogen-bond donors (Lipinski definition) is 2. The second-order valence-electron chi connectivity index (χ2n) is 3.48. The van der Waals surface area contributed by atoms with Gasteiger partial charge in [-0.25, -0.2) is 0 Å². The molecule has 0 atom stereocenters. The van der Waals surface area contributed by atoms with Crippen molar-refractivity contribution in [1.82, 2.24) is 5.32 Å². The molecule has 0 aliphatic heterocycles. The molecule has 0 aromatic carbocycles. The molecule has 1 aliphatic carbocycles. The van der Waals surface area contributed by atoms with E-state index in [2.05, 4.69) is 19.2 Å². The summed E-state index contributed by atoms with van der Waals surface area (Å²) in [5, 5.41) is 12.3. The molecule has 0 bridgehead atoms. The smallest absolute Gasteiger partial charge is 0.0613 e. The van der Waals surface area contributed by atoms with Gasteiger partial charge in [-0.15, -0.1) is 0 Å². The van der Waals surface area contributed by atoms with E-state index in [-0.39, 0.29) is 5.54 Å². The molecule has 0 radical (unpaired) electrons. The van der Waals surface area contributed by atoms with Crippen LogP contribution in [-0.4, -0.2) is 23.8 Å². The molecule has 2 nitrogen and oxygen atoms in total. The van der Waals surface area contributed by atoms with E-state index >= 15 is 0 Å². The van der Waals surface area contributed by atoms with Gasteiger partial charge in [0.2, 0.25) is 0 Å². The Bertz CT molecular complexity index is 102. The highest BCUT2D eigenvalue weighted by atomic mass is 16.3. The molecule has 60 valence electrons. The first-order valence-electron chi connectivity index (χ1n) is 4.08. The van der Waals surface area contributed by atoms with Gasteiger partial charge in [0.25, 0.3) is 0 Å². The Morgan fingerprint density at radius 1 is 1.60 bits per heavy atom. The van der Waals surface area contributed by atoms with Gasteiger partial charge < -0.3 is 10.4 Å². The van der Waals surface area contributed by atoms with Crippen molar-refractivity contribution in [2.75, 3.05) is 13.2 Å². The van der Waals surface area contributed by atoms with Gasteiger partial charge in [0.1, 0.15) is 0 Å². The Labute approximate surface area is 62.6 Å². The predicted octanol–water partition coefficient (Wildman–Crippen LogP) is 0.757. The van der Waals surface area contributed by atoms with E-state index in [0.29, 0.717) is 6.61 Å². The van der Waals surface area contributed by atoms with Gasteiger partial charge >= 0.3 is 0 Å². The van der Waals surface area contributed by atoms with Gasteiger partial charge in [0.15, 0.2) is 0 Å². The second-order valence-corrected chi connectivity index (χ2v) is 3.48. The second kappa shape index (κ2) is 2.89. The maximum Gasteiger partial charge on any atom is 0.0613 e. The van der Waals surface area contributed by atoms with Crippen LogP contribution in [-0.2, 0) is 0 Å². The number of hydrogen-bond acceptors (Lipinski definition) is 2. The Balaban J connectivity index is 2.32. The standard InChI is InChI=1S/C8H17NO/c1-3-9-8(6-10)4-7(2)5-8/h7,9-10H,3-6H2,1-2H3. The van der Waals surface area contributed by atoms with E-state index in [1.807, 2.05) is 0 Å². The Hall–Kier alpha value is -0.0800. The van der Waals surface area contributed by atoms with Gasteiger partial charge in [0.05, 0.1) is 6.61 Å². The van der Waals surface area contributed by atoms with Crippen LogP contribution in [0.1, 0.15) is 26.7 Å². The third-order valence-corrected chi connectivity index (χ3v) is 2.33. The molecular formula is C8H17NO. The molecule has 0 amide bonds. The van der Waals surface area contributed by atoms with E-state index in [1.54, 1.807) is 0 Å². The number of aliphatic hydroxyl groups is 1. The van der Waals surface area contributed by atoms with Crippen LogP contribution in [0.5, 0.6) is 0 Å². The van der Waals surface area contributed by atoms with Crippen LogP contribution in [0.25, 0.3) is 0 Å². The predicted molar refractivity (Wildman–Crippen MR) is 41.9 cm³/mol. The lowest BCUT2D eigenvalue weighted by Gasteiger charge is -2.46. The molecule has 0 aromatic rings. The summed E-state index contributed by atoms with van der Waals surface area (Å²) in [5.74, 6) is 0.797. The fraction of sp³-hybridized carbons (Fsp3) is 1.00. The molecule has 2 heteroatoms. The van der Waals surface area contributed by atoms with E-state index in [4.69, 9.17) is 5.11 Å². The number of aliphatic hydroxyl groups excluding tert-OH is 1. The molecule has 0 spiro atoms. The lowest BCUT2D eigenvalue weighted by Crippen LogP contribution is -2.57. The minimum Gasteiger partial charge on any atom is -0.394 e. The van der Waals surface area contributed by atoms with Gasteiger partial charge in [-0.1, -0.05) is 13.8 Å². The van der Waals surface area contributed by atoms with Gasteiger partial charge in [-0.05, 0) is 25.3 Å². The van der Waals surface area contributed by atoms with Crippen LogP contribution < -0.4 is 5.32 Å². The molecule has 1 saturated carbocycles. The monoisotopic (exact) mass is 143 g/mol. The van der Waals surface area contributed by atoms with Crippen molar-refractivity contribution < 1.29 is 5.11 Å². The lowest BCUT2D eigenvalue weighted by molar-refractivity contribution is 0.0491. The van der Waals surface area contributed by atoms with Crippen LogP contribution in [0.15, 0.2) is 0 Å². The number of nitrogens with one attached hydrogen (secondary N) is 1. The summed E-state index contributed by atoms with van der Waals surface area (Å²) < 4.78 is 0. The highest BCUT2D eigenvalue weighted by Gasteiger charge is 2.40. The van der Waals surface area contributed by atoms with E-state index < -0.39 is 0 Å². The summed E-state index contributed by atoms with van der Waals surface area (Å²) in [6.07, 6.45) is 2.27. The molecule has 10 heavy (non-hydrogen) atoms. The van der Waals surface area contributed by atoms with Crippen molar-refractivity contribution in [3.05, 3.63) is 0 Å². The van der Waals surface area contributed by atoms with Crippen molar-refractivity contribution in [1.29, 1.82) is 0 Å². The summed E-state index contributed by atoms with van der Waals surface area (Å²) >= 11 is 0. The molecular weight excluding hydrogens is 126 g/mol. The fourth-order valence-electron chi connectivity index (χ4n) is 1.98. The molecule has 2 N–H and O–H groups in total. The average molecular weight is 143 g/mol. The average Bonchev–Trinajstić information content (AvgIpc) is 1.84. The zero-order chi connectivity index (χ0) is 7.61. The maximum absolute atomic E-state index is 9.02. The van der Waals surface area contributed by atoms with Crippen molar-refractivity contribution >= 4 is 0 Å². The first kappa shape index (κ1) is 8.02. The summed E-state index contributed by atoms with van der Waals surface area (Å²) in [6, 6.07) is 0. The summed E-state index contributed by atoms with van der Waals surface area (Å²) in [7, 11) is 0. The molecule has 0 heterocycles. The lowest BCUT2D eigenvalue weighted by atomic mass is 9.69. The minimum absolute atomic E-state index is 0.0914. The Morgan fingerprint density at radius 3 is 2.50 bits per heavy atom. The van der Waals surface area contributed by atoms with Gasteiger partial charge in [0, 0.05) is 5.54 Å². The van der Waals surface area contributed by atoms with E-state index in [9.17, 15) is 0 Å². The fourth-order valence-corrected chi connectivity index (χ4v) is 1.98. The van der Waals surface area contributed by atoms with E-state index in [1.165, 1.54) is 0 Å². The van der Waals surface area contributed by atoms with Gasteiger partial charge in [-0.2, -0.15) is 0 Å². The quantitative estimate of drug-likeness (QED) is 0.611. The number of rotatable bonds is 3. The molecule has 1 aliphatic rings. The maximum atomic E-state index is 9.02. The summed E-state index contributed by atoms with van der Waals surface area (Å²) in [6.45, 7) is 5.57. The zero-order valence-corrected chi connectivity index (χ0v) is 6.85. The minimum atomic E-state index is 0.0914. The highest BCUT2D eigenvalue weighted by molar-refractivity contribution is 4.98. The molecule has 1 rings (SSSR count). The SMILES string of the molecule is CCNC1(CO)CC(C)C1. The summed E-state index contributed by atoms with van der Waals surface area (Å²) in [4.78, 5) is 0. The number of likely N-dealkylation sites (N-methyl/N-ethyl adjacent to an activating group) is 1. The van der Waals surface area contributed by atoms with Crippen molar-refractivity contribution in [2.24, 2.45) is 5.92 Å². The third kappa shape index (κ3) is 1.32. The van der Waals surface area contributed by atoms with Crippen LogP contribution in [0.3, 0.4) is 0 Å². The van der Waals surface area contributed by atoms with Gasteiger partial charge in [-0.3, -0.25) is 0 Å². The van der Waals surface area contributed by atoms with Crippen molar-refractivity contribution in [3.63, 3.8) is 0 Å². The van der Waals surface area contributed by atoms with E-state index in [0.717, 1.165) is 25.3 Å². The van der Waals surface area contributed by atoms with Crippen LogP contribution in [0, 0.1) is 5.92 Å². The molecule has 0 saturated heterocycles. The molecule has 0 unspecified atom stereocenters. The molecule has 0 aromatic heterocycles. The Morgan fingerprint density at radius 2 is 2.20 bits per heavy atom. The van der Waals surface area contributed by atoms with Crippen molar-refractivity contribution in [3.8, 4) is 0 Å². The normalized spacial score (nSPS) is 39.3. The molecule has 1 fully saturated rings. The van der Waals surface area contributed by atoms with Crippen molar-refractivity contribution in [2.45, 2.75) is 32.2 Å². The Kier molecular flexibility index (Phi) is 2.32. The largest absolute Gasteiger partial charge is 0.394 e. The highest BCUT2D eigenvalue weighted by Crippen LogP contribution is 2.36. The van der Waals surface area contributed by atoms with Crippen LogP contribution >= 0.6 is 0 Å². The summed E-state index contributed by atoms with van der Waals surface area (Å²) in [5.41, 5.74) is 0.0914. The van der Waals surface area contributed by atoms with Crippen LogP contribution in [0.2, 0.25) is 0 Å². The zero-order valence-electron chi connectivity index (χ0n) is 6.85. The topological polar surface area (TPSA) is 32.3 Å². The van der Waals surface area contributed by atoms with Crippen LogP contribution in [0.4, 0.5) is 0 Å². The third-order valence-electron chi connectivity index (χ3n) is 2.33. The first-order valence-corrected chi connectivity index (χ1v) is 4.08.